The van der Waals surface area contributed by atoms with Crippen LogP contribution in [0.3, 0.4) is 0 Å². The number of rotatable bonds is 42. The molecule has 0 bridgehead atoms. The summed E-state index contributed by atoms with van der Waals surface area (Å²) in [6.07, 6.45) is 42.8. The van der Waals surface area contributed by atoms with E-state index >= 15 is 0 Å². The number of carbonyl (C=O) groups is 2. The van der Waals surface area contributed by atoms with E-state index in [9.17, 15) is 43.5 Å². The Hall–Kier alpha value is -4.10. The molecule has 9 atom stereocenters. The van der Waals surface area contributed by atoms with Crippen molar-refractivity contribution in [2.24, 2.45) is 0 Å². The van der Waals surface area contributed by atoms with Crippen molar-refractivity contribution in [1.82, 2.24) is 9.55 Å². The van der Waals surface area contributed by atoms with Crippen LogP contribution in [0.5, 0.6) is 0 Å². The summed E-state index contributed by atoms with van der Waals surface area (Å²) in [6.45, 7) is 1.93. The summed E-state index contributed by atoms with van der Waals surface area (Å²) in [5, 5.41) is 20.9. The van der Waals surface area contributed by atoms with Crippen molar-refractivity contribution < 1.29 is 71.0 Å². The predicted octanol–water partition coefficient (Wildman–Crippen LogP) is 10.4. The first-order valence-electron chi connectivity index (χ1n) is 26.7. The van der Waals surface area contributed by atoms with E-state index in [-0.39, 0.29) is 18.7 Å². The fourth-order valence-electron chi connectivity index (χ4n) is 7.65. The highest BCUT2D eigenvalue weighted by Gasteiger charge is 2.46. The molecule has 6 N–H and O–H groups in total. The van der Waals surface area contributed by atoms with Gasteiger partial charge in [0.15, 0.2) is 12.3 Å². The zero-order valence-corrected chi connectivity index (χ0v) is 45.8. The van der Waals surface area contributed by atoms with Crippen LogP contribution in [0.2, 0.25) is 0 Å². The van der Waals surface area contributed by atoms with Gasteiger partial charge in [0.05, 0.1) is 25.4 Å². The zero-order chi connectivity index (χ0) is 54.6. The molecule has 1 aromatic rings. The van der Waals surface area contributed by atoms with Crippen molar-refractivity contribution in [3.63, 3.8) is 0 Å². The average Bonchev–Trinajstić information content (AvgIpc) is 4.06. The van der Waals surface area contributed by atoms with E-state index < -0.39 is 83.7 Å². The molecule has 1 aromatic heterocycles. The number of ether oxygens (including phenoxy) is 4. The van der Waals surface area contributed by atoms with Crippen LogP contribution in [0.25, 0.3) is 0 Å². The second-order valence-electron chi connectivity index (χ2n) is 18.4. The molecular weight excluding hydrogens is 1010 g/mol. The number of nitrogens with zero attached hydrogens (tertiary/aromatic N) is 2. The maximum absolute atomic E-state index is 12.9. The molecule has 4 unspecified atom stereocenters. The molecule has 2 fully saturated rings. The van der Waals surface area contributed by atoms with Crippen molar-refractivity contribution in [1.29, 1.82) is 0 Å². The summed E-state index contributed by atoms with van der Waals surface area (Å²) in [6, 6.07) is 1.24. The quantitative estimate of drug-likeness (QED) is 0.0134. The first kappa shape index (κ1) is 65.2. The number of unbranched alkanes of at least 4 members (excludes halogenated alkanes) is 10. The van der Waals surface area contributed by atoms with E-state index in [4.69, 9.17) is 33.7 Å². The van der Waals surface area contributed by atoms with Crippen molar-refractivity contribution in [3.05, 3.63) is 108 Å². The monoisotopic (exact) mass is 1090 g/mol. The molecule has 3 heterocycles. The van der Waals surface area contributed by atoms with E-state index in [0.29, 0.717) is 31.5 Å². The standard InChI is InChI=1S/C54H85N3O16P2/c1-3-5-7-8-9-10-11-12-13-14-15-16-20-23-26-29-33-37-49(58)67-41-44(70-50(59)38-34-30-27-24-21-18-17-19-22-25-28-32-36-46-45(71-46)35-31-6-4-2)42-68-74(63,64)73-75(65,66)69-43-47-51(60)52(61)53(72-47)57-40-39-48(55)56-54(57)62/h6,9-10,12-13,18-19,21-22,27-28,30-32,39-40,44-47,51-53,60-61H,3-5,7-8,11,14-17,20,23-26,29,33-38,41-43H2,1-2H3,(H,63,64)(H,65,66)(H2,55,56,62)/b10-9-,13-12-,21-18-,22-19-,30-27-,31-6-,32-28-/t44-,45?,46?,47-,51-,52-,53-/m1/s1. The Bertz CT molecular complexity index is 2160. The van der Waals surface area contributed by atoms with Crippen LogP contribution in [0.4, 0.5) is 5.82 Å². The van der Waals surface area contributed by atoms with Crippen LogP contribution in [0.15, 0.2) is 102 Å². The normalized spacial score (nSPS) is 22.2. The van der Waals surface area contributed by atoms with Gasteiger partial charge in [-0.3, -0.25) is 23.2 Å². The van der Waals surface area contributed by atoms with E-state index in [2.05, 4.69) is 83.9 Å². The first-order valence-corrected chi connectivity index (χ1v) is 29.7. The van der Waals surface area contributed by atoms with E-state index in [0.717, 1.165) is 101 Å². The highest BCUT2D eigenvalue weighted by molar-refractivity contribution is 7.61. The lowest BCUT2D eigenvalue weighted by Gasteiger charge is -2.21. The average molecular weight is 1090 g/mol. The molecule has 2 saturated heterocycles. The Morgan fingerprint density at radius 1 is 0.667 bits per heavy atom. The lowest BCUT2D eigenvalue weighted by Crippen LogP contribution is -2.36. The van der Waals surface area contributed by atoms with E-state index in [1.165, 1.54) is 25.3 Å². The Balaban J connectivity index is 1.40. The number of hydrogen-bond acceptors (Lipinski definition) is 16. The Morgan fingerprint density at radius 3 is 1.83 bits per heavy atom. The number of esters is 2. The third-order valence-corrected chi connectivity index (χ3v) is 14.5. The third-order valence-electron chi connectivity index (χ3n) is 11.9. The molecule has 2 aliphatic rings. The summed E-state index contributed by atoms with van der Waals surface area (Å²) >= 11 is 0. The number of nitrogens with two attached hydrogens (primary N) is 1. The summed E-state index contributed by atoms with van der Waals surface area (Å²) in [7, 11) is -10.9. The number of aliphatic hydroxyl groups is 2. The lowest BCUT2D eigenvalue weighted by atomic mass is 10.1. The van der Waals surface area contributed by atoms with Crippen LogP contribution < -0.4 is 11.4 Å². The second kappa shape index (κ2) is 38.4. The molecular formula is C54H85N3O16P2. The molecule has 75 heavy (non-hydrogen) atoms. The van der Waals surface area contributed by atoms with Gasteiger partial charge in [-0.25, -0.2) is 13.9 Å². The van der Waals surface area contributed by atoms with Gasteiger partial charge >= 0.3 is 33.3 Å². The van der Waals surface area contributed by atoms with Crippen LogP contribution in [0, 0.1) is 0 Å². The number of nitrogen functional groups attached to an aromatic ring is 1. The molecule has 19 nitrogen and oxygen atoms in total. The van der Waals surface area contributed by atoms with Gasteiger partial charge in [0.2, 0.25) is 0 Å². The Morgan fingerprint density at radius 2 is 1.21 bits per heavy atom. The van der Waals surface area contributed by atoms with Crippen LogP contribution in [-0.4, -0.2) is 97.9 Å². The molecule has 3 rings (SSSR count). The SMILES string of the molecule is CC/C=C\CC1OC1C/C=C\C/C=C\C/C=C\C/C=C\CCC(=O)O[C@H](COC(=O)CCCCCCCCC/C=C\C/C=C\CCCCC)COP(=O)(O)OP(=O)(O)OC[C@H]1O[C@@H](n2ccc(N)nc2=O)[C@H](O)[C@@H]1O. The van der Waals surface area contributed by atoms with Gasteiger partial charge in [-0.1, -0.05) is 144 Å². The second-order valence-corrected chi connectivity index (χ2v) is 21.4. The Kier molecular flexibility index (Phi) is 33.4. The van der Waals surface area contributed by atoms with Crippen LogP contribution in [-0.2, 0) is 51.0 Å². The topological polar surface area (TPSA) is 278 Å². The van der Waals surface area contributed by atoms with Crippen molar-refractivity contribution in [2.45, 2.75) is 198 Å². The number of anilines is 1. The van der Waals surface area contributed by atoms with Gasteiger partial charge in [-0.05, 0) is 89.5 Å². The molecule has 422 valence electrons. The number of allylic oxidation sites excluding steroid dienone is 12. The van der Waals surface area contributed by atoms with Gasteiger partial charge in [-0.2, -0.15) is 9.29 Å². The fourth-order valence-corrected chi connectivity index (χ4v) is 9.76. The number of carbonyl (C=O) groups excluding carboxylic acids is 2. The van der Waals surface area contributed by atoms with Crippen molar-refractivity contribution in [3.8, 4) is 0 Å². The molecule has 0 aromatic carbocycles. The van der Waals surface area contributed by atoms with Crippen molar-refractivity contribution in [2.75, 3.05) is 25.6 Å². The number of aliphatic hydroxyl groups excluding tert-OH is 2. The van der Waals surface area contributed by atoms with E-state index in [1.807, 2.05) is 18.2 Å². The number of phosphoric ester groups is 2. The van der Waals surface area contributed by atoms with Crippen LogP contribution in [0.1, 0.15) is 161 Å². The number of epoxide rings is 1. The van der Waals surface area contributed by atoms with Gasteiger partial charge in [0.25, 0.3) is 0 Å². The largest absolute Gasteiger partial charge is 0.481 e. The summed E-state index contributed by atoms with van der Waals surface area (Å²) in [4.78, 5) is 62.0. The molecule has 0 spiro atoms. The highest BCUT2D eigenvalue weighted by atomic mass is 31.3. The van der Waals surface area contributed by atoms with Gasteiger partial charge < -0.3 is 44.7 Å². The minimum absolute atomic E-state index is 0.0843. The van der Waals surface area contributed by atoms with Crippen molar-refractivity contribution >= 4 is 33.4 Å². The molecule has 21 heteroatoms. The van der Waals surface area contributed by atoms with Gasteiger partial charge in [0.1, 0.15) is 30.7 Å². The molecule has 0 aliphatic carbocycles. The minimum Gasteiger partial charge on any atom is -0.462 e. The number of aromatic nitrogens is 2. The zero-order valence-electron chi connectivity index (χ0n) is 44.0. The van der Waals surface area contributed by atoms with Gasteiger partial charge in [-0.15, -0.1) is 0 Å². The maximum atomic E-state index is 12.9. The van der Waals surface area contributed by atoms with Gasteiger partial charge in [0, 0.05) is 19.0 Å². The maximum Gasteiger partial charge on any atom is 0.481 e. The molecule has 0 amide bonds. The van der Waals surface area contributed by atoms with E-state index in [1.54, 1.807) is 6.08 Å². The third kappa shape index (κ3) is 30.4. The summed E-state index contributed by atoms with van der Waals surface area (Å²) in [5.41, 5.74) is 4.58. The number of hydrogen-bond donors (Lipinski definition) is 5. The number of phosphoric acid groups is 2. The fraction of sp³-hybridized carbons (Fsp3) is 0.630. The molecule has 0 saturated carbocycles. The minimum atomic E-state index is -5.45. The molecule has 2 aliphatic heterocycles. The predicted molar refractivity (Wildman–Crippen MR) is 288 cm³/mol. The molecule has 0 radical (unpaired) electrons. The summed E-state index contributed by atoms with van der Waals surface area (Å²) < 4.78 is 62.5. The highest BCUT2D eigenvalue weighted by Crippen LogP contribution is 2.60. The summed E-state index contributed by atoms with van der Waals surface area (Å²) in [5.74, 6) is -1.42. The van der Waals surface area contributed by atoms with Crippen LogP contribution >= 0.6 is 15.6 Å². The lowest BCUT2D eigenvalue weighted by molar-refractivity contribution is -0.161. The first-order chi connectivity index (χ1) is 36.1. The smallest absolute Gasteiger partial charge is 0.462 e. The Labute approximate surface area is 443 Å².